The van der Waals surface area contributed by atoms with Crippen LogP contribution in [0, 0.1) is 0 Å². The van der Waals surface area contributed by atoms with Crippen LogP contribution in [-0.2, 0) is 0 Å². The Hall–Kier alpha value is -0.660. The molecule has 256 valence electrons. The lowest BCUT2D eigenvalue weighted by molar-refractivity contribution is 0.135. The van der Waals surface area contributed by atoms with Gasteiger partial charge >= 0.3 is 0 Å². The van der Waals surface area contributed by atoms with Gasteiger partial charge in [0.05, 0.1) is 0 Å². The van der Waals surface area contributed by atoms with Crippen molar-refractivity contribution in [2.24, 2.45) is 0 Å². The molecule has 1 aliphatic heterocycles. The number of nitrogens with zero attached hydrogens (tertiary/aromatic N) is 2. The van der Waals surface area contributed by atoms with Gasteiger partial charge in [0.1, 0.15) is 6.17 Å². The van der Waals surface area contributed by atoms with Crippen LogP contribution < -0.4 is 0 Å². The van der Waals surface area contributed by atoms with Crippen LogP contribution in [0.5, 0.6) is 0 Å². The van der Waals surface area contributed by atoms with Crippen LogP contribution in [0.4, 0.5) is 0 Å². The molecule has 0 saturated carbocycles. The zero-order valence-electron chi connectivity index (χ0n) is 30.4. The fraction of sp³-hybridized carbons (Fsp3) is 0.951. The number of hydrogen-bond donors (Lipinski definition) is 0. The Labute approximate surface area is 273 Å². The second-order valence-electron chi connectivity index (χ2n) is 14.3. The van der Waals surface area contributed by atoms with Crippen LogP contribution in [0.15, 0.2) is 12.4 Å². The van der Waals surface area contributed by atoms with Crippen molar-refractivity contribution in [3.8, 4) is 0 Å². The standard InChI is InChI=1S/C41H82N2/c1-4-7-10-13-16-18-20-21-22-23-24-26-28-30-33-36-41-42(37-34-31-15-12-9-6-3)39-40-43(41)38-35-32-29-27-25-19-17-14-11-8-5-2/h39-41H,4-38H2,1-3H3. The zero-order chi connectivity index (χ0) is 30.9. The Balaban J connectivity index is 2.16. The first kappa shape index (κ1) is 40.4. The molecule has 0 saturated heterocycles. The maximum absolute atomic E-state index is 2.72. The lowest BCUT2D eigenvalue weighted by Gasteiger charge is -2.33. The number of rotatable bonds is 35. The molecule has 0 radical (unpaired) electrons. The topological polar surface area (TPSA) is 6.48 Å². The van der Waals surface area contributed by atoms with E-state index in [1.807, 2.05) is 0 Å². The van der Waals surface area contributed by atoms with Crippen molar-refractivity contribution >= 4 is 0 Å². The van der Waals surface area contributed by atoms with Crippen molar-refractivity contribution < 1.29 is 0 Å². The van der Waals surface area contributed by atoms with Gasteiger partial charge in [0, 0.05) is 25.5 Å². The Morgan fingerprint density at radius 2 is 0.535 bits per heavy atom. The summed E-state index contributed by atoms with van der Waals surface area (Å²) in [6, 6.07) is 0. The Kier molecular flexibility index (Phi) is 30.7. The fourth-order valence-corrected chi connectivity index (χ4v) is 7.07. The minimum Gasteiger partial charge on any atom is -0.356 e. The highest BCUT2D eigenvalue weighted by Gasteiger charge is 2.24. The van der Waals surface area contributed by atoms with E-state index in [1.165, 1.54) is 225 Å². The van der Waals surface area contributed by atoms with Gasteiger partial charge < -0.3 is 9.80 Å². The molecule has 0 N–H and O–H groups in total. The smallest absolute Gasteiger partial charge is 0.101 e. The molecule has 0 amide bonds. The lowest BCUT2D eigenvalue weighted by Crippen LogP contribution is -2.39. The second kappa shape index (κ2) is 32.7. The highest BCUT2D eigenvalue weighted by Crippen LogP contribution is 2.24. The molecule has 1 aliphatic rings. The molecular formula is C41H82N2. The van der Waals surface area contributed by atoms with E-state index in [0.717, 1.165) is 0 Å². The monoisotopic (exact) mass is 603 g/mol. The van der Waals surface area contributed by atoms with E-state index in [-0.39, 0.29) is 0 Å². The Bertz CT molecular complexity index is 558. The maximum atomic E-state index is 2.72. The molecule has 0 spiro atoms. The first-order valence-electron chi connectivity index (χ1n) is 20.5. The largest absolute Gasteiger partial charge is 0.356 e. The molecule has 0 aromatic heterocycles. The normalized spacial score (nSPS) is 14.9. The van der Waals surface area contributed by atoms with E-state index in [9.17, 15) is 0 Å². The van der Waals surface area contributed by atoms with Crippen LogP contribution in [0.1, 0.15) is 233 Å². The first-order chi connectivity index (χ1) is 21.3. The SMILES string of the molecule is CCCCCCCCCCCCCCCCCC1N(CCCCCCCC)C=CN1CCCCCCCCCCCCC. The molecule has 2 nitrogen and oxygen atoms in total. The van der Waals surface area contributed by atoms with Gasteiger partial charge in [-0.15, -0.1) is 0 Å². The summed E-state index contributed by atoms with van der Waals surface area (Å²) in [6.45, 7) is 9.48. The third kappa shape index (κ3) is 25.2. The minimum absolute atomic E-state index is 0.640. The van der Waals surface area contributed by atoms with Gasteiger partial charge in [-0.1, -0.05) is 207 Å². The van der Waals surface area contributed by atoms with Gasteiger partial charge in [0.25, 0.3) is 0 Å². The average molecular weight is 603 g/mol. The van der Waals surface area contributed by atoms with Crippen LogP contribution in [0.2, 0.25) is 0 Å². The summed E-state index contributed by atoms with van der Waals surface area (Å²) in [7, 11) is 0. The molecule has 0 aliphatic carbocycles. The second-order valence-corrected chi connectivity index (χ2v) is 14.3. The van der Waals surface area contributed by atoms with Gasteiger partial charge in [0.2, 0.25) is 0 Å². The van der Waals surface area contributed by atoms with Gasteiger partial charge in [-0.05, 0) is 25.7 Å². The summed E-state index contributed by atoms with van der Waals surface area (Å²) in [5.74, 6) is 0. The zero-order valence-corrected chi connectivity index (χ0v) is 30.4. The molecule has 1 atom stereocenters. The highest BCUT2D eigenvalue weighted by atomic mass is 15.4. The predicted octanol–water partition coefficient (Wildman–Crippen LogP) is 14.3. The molecule has 1 heterocycles. The van der Waals surface area contributed by atoms with Gasteiger partial charge in [-0.2, -0.15) is 0 Å². The third-order valence-corrected chi connectivity index (χ3v) is 10.1. The summed E-state index contributed by atoms with van der Waals surface area (Å²) >= 11 is 0. The molecule has 1 rings (SSSR count). The predicted molar refractivity (Wildman–Crippen MR) is 196 cm³/mol. The Morgan fingerprint density at radius 1 is 0.302 bits per heavy atom. The van der Waals surface area contributed by atoms with E-state index < -0.39 is 0 Å². The van der Waals surface area contributed by atoms with Crippen molar-refractivity contribution in [1.29, 1.82) is 0 Å². The molecular weight excluding hydrogens is 520 g/mol. The van der Waals surface area contributed by atoms with Crippen LogP contribution in [-0.4, -0.2) is 29.1 Å². The first-order valence-corrected chi connectivity index (χ1v) is 20.5. The van der Waals surface area contributed by atoms with Gasteiger partial charge in [-0.25, -0.2) is 0 Å². The van der Waals surface area contributed by atoms with Crippen molar-refractivity contribution in [2.45, 2.75) is 239 Å². The molecule has 0 aromatic carbocycles. The van der Waals surface area contributed by atoms with Crippen molar-refractivity contribution in [1.82, 2.24) is 9.80 Å². The van der Waals surface area contributed by atoms with Crippen molar-refractivity contribution in [3.05, 3.63) is 12.4 Å². The van der Waals surface area contributed by atoms with E-state index in [2.05, 4.69) is 43.0 Å². The van der Waals surface area contributed by atoms with Crippen LogP contribution >= 0.6 is 0 Å². The highest BCUT2D eigenvalue weighted by molar-refractivity contribution is 4.97. The molecule has 0 aromatic rings. The lowest BCUT2D eigenvalue weighted by atomic mass is 10.0. The molecule has 0 bridgehead atoms. The van der Waals surface area contributed by atoms with Crippen molar-refractivity contribution in [3.63, 3.8) is 0 Å². The minimum atomic E-state index is 0.640. The molecule has 43 heavy (non-hydrogen) atoms. The van der Waals surface area contributed by atoms with Crippen LogP contribution in [0.3, 0.4) is 0 Å². The quantitative estimate of drug-likeness (QED) is 0.0666. The van der Waals surface area contributed by atoms with Gasteiger partial charge in [0.15, 0.2) is 0 Å². The van der Waals surface area contributed by atoms with E-state index in [0.29, 0.717) is 6.17 Å². The number of hydrogen-bond acceptors (Lipinski definition) is 2. The number of unbranched alkanes of at least 4 members (excludes halogenated alkanes) is 29. The van der Waals surface area contributed by atoms with E-state index >= 15 is 0 Å². The molecule has 2 heteroatoms. The summed E-state index contributed by atoms with van der Waals surface area (Å²) in [6.07, 6.45) is 52.9. The summed E-state index contributed by atoms with van der Waals surface area (Å²) < 4.78 is 0. The summed E-state index contributed by atoms with van der Waals surface area (Å²) in [5.41, 5.74) is 0. The average Bonchev–Trinajstić information content (AvgIpc) is 3.40. The maximum Gasteiger partial charge on any atom is 0.101 e. The molecule has 1 unspecified atom stereocenters. The van der Waals surface area contributed by atoms with Crippen molar-refractivity contribution in [2.75, 3.05) is 13.1 Å². The fourth-order valence-electron chi connectivity index (χ4n) is 7.07. The van der Waals surface area contributed by atoms with E-state index in [4.69, 9.17) is 0 Å². The van der Waals surface area contributed by atoms with Gasteiger partial charge in [-0.3, -0.25) is 0 Å². The van der Waals surface area contributed by atoms with Crippen LogP contribution in [0.25, 0.3) is 0 Å². The third-order valence-electron chi connectivity index (χ3n) is 10.1. The van der Waals surface area contributed by atoms with E-state index in [1.54, 1.807) is 0 Å². The summed E-state index contributed by atoms with van der Waals surface area (Å²) in [4.78, 5) is 5.43. The summed E-state index contributed by atoms with van der Waals surface area (Å²) in [5, 5.41) is 0. The molecule has 0 fully saturated rings. The Morgan fingerprint density at radius 3 is 0.814 bits per heavy atom.